The lowest BCUT2D eigenvalue weighted by Crippen LogP contribution is -2.40. The van der Waals surface area contributed by atoms with Crippen LogP contribution in [0.15, 0.2) is 73.6 Å². The number of likely N-dealkylation sites (tertiary alicyclic amines) is 5. The number of ketones is 1. The fourth-order valence-electron chi connectivity index (χ4n) is 10.1. The summed E-state index contributed by atoms with van der Waals surface area (Å²) in [4.78, 5) is 68.9. The smallest absolute Gasteiger partial charge is 0.410 e. The van der Waals surface area contributed by atoms with Crippen LogP contribution in [0.2, 0.25) is 0 Å². The summed E-state index contributed by atoms with van der Waals surface area (Å²) in [5, 5.41) is 14.0. The maximum Gasteiger partial charge on any atom is 0.410 e. The van der Waals surface area contributed by atoms with Crippen molar-refractivity contribution in [1.82, 2.24) is 44.8 Å². The van der Waals surface area contributed by atoms with Crippen LogP contribution in [0.5, 0.6) is 0 Å². The minimum absolute atomic E-state index is 0.103. The second kappa shape index (κ2) is 27.5. The van der Waals surface area contributed by atoms with E-state index in [0.29, 0.717) is 45.6 Å². The summed E-state index contributed by atoms with van der Waals surface area (Å²) in [6.45, 7) is 29.3. The highest BCUT2D eigenvalue weighted by atomic mass is 16.6. The average molecular weight is 1070 g/mol. The van der Waals surface area contributed by atoms with Gasteiger partial charge in [0.25, 0.3) is 0 Å². The predicted octanol–water partition coefficient (Wildman–Crippen LogP) is 7.52. The van der Waals surface area contributed by atoms with Gasteiger partial charge in [-0.15, -0.1) is 0 Å². The van der Waals surface area contributed by atoms with Gasteiger partial charge in [-0.25, -0.2) is 14.4 Å². The first-order valence-electron chi connectivity index (χ1n) is 27.8. The standard InChI is InChI=1S/C20H31N3O3.C15H23N3O.C14H20N2O3.C9H15NO3/c1-19(2,3)26-18(24)23-12-8-20(16-23,17-7-6-9-21-15-17)25-14-13-22-10-4-5-11-22;1-2-9-18(8-1)10-11-19-15(5-7-17-13-15)14-4-3-6-16-12-14;1-13(2,3)19-12(17)16-8-6-14(18,10-16)11-5-4-7-15-9-11;1-9(2,3)13-8(12)10-5-4-7(11)6-10/h6-7,9,15H,4-5,8,10-14,16H2,1-3H3;3-4,6,12,17H,1-2,5,7-11,13H2;4-5,7,9,18H,6,8,10H2,1-3H3;4-6H2,1-3H3. The molecule has 19 heteroatoms. The second-order valence-electron chi connectivity index (χ2n) is 24.0. The number of carbonyl (C=O) groups excluding carboxylic acids is 4. The van der Waals surface area contributed by atoms with Gasteiger partial charge in [-0.2, -0.15) is 0 Å². The molecule has 3 amide bonds. The Bertz CT molecular complexity index is 2300. The number of β-amino-alcohol motifs (C(OH)–C–C–N with tert-alkyl or cyclic N) is 1. The molecule has 77 heavy (non-hydrogen) atoms. The van der Waals surface area contributed by atoms with Gasteiger partial charge in [0.15, 0.2) is 5.78 Å². The van der Waals surface area contributed by atoms with Crippen molar-refractivity contribution in [3.8, 4) is 0 Å². The average Bonchev–Trinajstić information content (AvgIpc) is 4.27. The Morgan fingerprint density at radius 1 is 0.571 bits per heavy atom. The first-order valence-corrected chi connectivity index (χ1v) is 27.8. The molecular formula is C58H89N9O10. The molecular weight excluding hydrogens is 983 g/mol. The molecule has 6 aliphatic heterocycles. The molecule has 0 aliphatic carbocycles. The van der Waals surface area contributed by atoms with E-state index in [0.717, 1.165) is 69.8 Å². The molecule has 0 bridgehead atoms. The van der Waals surface area contributed by atoms with Crippen molar-refractivity contribution in [1.29, 1.82) is 0 Å². The molecule has 3 atom stereocenters. The maximum absolute atomic E-state index is 12.5. The van der Waals surface area contributed by atoms with Gasteiger partial charge >= 0.3 is 18.3 Å². The van der Waals surface area contributed by atoms with E-state index < -0.39 is 34.1 Å². The fourth-order valence-corrected chi connectivity index (χ4v) is 10.1. The molecule has 0 radical (unpaired) electrons. The highest BCUT2D eigenvalue weighted by Gasteiger charge is 2.45. The van der Waals surface area contributed by atoms with Crippen molar-refractivity contribution in [2.24, 2.45) is 0 Å². The van der Waals surface area contributed by atoms with E-state index in [1.54, 1.807) is 29.6 Å². The number of nitrogens with one attached hydrogen (secondary N) is 1. The highest BCUT2D eigenvalue weighted by molar-refractivity contribution is 5.87. The molecule has 9 heterocycles. The third-order valence-corrected chi connectivity index (χ3v) is 14.1. The summed E-state index contributed by atoms with van der Waals surface area (Å²) in [7, 11) is 0. The van der Waals surface area contributed by atoms with Crippen molar-refractivity contribution < 1.29 is 48.0 Å². The summed E-state index contributed by atoms with van der Waals surface area (Å²) in [6.07, 6.45) is 17.6. The van der Waals surface area contributed by atoms with E-state index in [9.17, 15) is 24.3 Å². The molecule has 19 nitrogen and oxygen atoms in total. The van der Waals surface area contributed by atoms with E-state index in [4.69, 9.17) is 23.7 Å². The maximum atomic E-state index is 12.5. The summed E-state index contributed by atoms with van der Waals surface area (Å²) in [6, 6.07) is 11.7. The van der Waals surface area contributed by atoms with Gasteiger partial charge in [0.05, 0.1) is 32.8 Å². The van der Waals surface area contributed by atoms with Crippen molar-refractivity contribution in [2.75, 3.05) is 105 Å². The van der Waals surface area contributed by atoms with Crippen LogP contribution in [0.3, 0.4) is 0 Å². The molecule has 6 fully saturated rings. The van der Waals surface area contributed by atoms with Crippen molar-refractivity contribution in [3.63, 3.8) is 0 Å². The lowest BCUT2D eigenvalue weighted by molar-refractivity contribution is -0.117. The number of Topliss-reactive ketones (excluding diaryl/α,β-unsaturated/α-hetero) is 1. The molecule has 6 aliphatic rings. The molecule has 3 aromatic heterocycles. The van der Waals surface area contributed by atoms with Crippen molar-refractivity contribution >= 4 is 24.1 Å². The van der Waals surface area contributed by atoms with E-state index in [2.05, 4.69) is 36.1 Å². The molecule has 2 N–H and O–H groups in total. The summed E-state index contributed by atoms with van der Waals surface area (Å²) < 4.78 is 28.7. The number of hydrogen-bond donors (Lipinski definition) is 2. The van der Waals surface area contributed by atoms with E-state index in [1.807, 2.05) is 105 Å². The molecule has 0 saturated carbocycles. The number of carbonyl (C=O) groups is 4. The Labute approximate surface area is 457 Å². The van der Waals surface area contributed by atoms with Gasteiger partial charge in [-0.1, -0.05) is 18.2 Å². The number of hydrogen-bond acceptors (Lipinski definition) is 16. The van der Waals surface area contributed by atoms with Crippen LogP contribution in [-0.4, -0.2) is 190 Å². The van der Waals surface area contributed by atoms with Gasteiger partial charge in [0.1, 0.15) is 33.6 Å². The Morgan fingerprint density at radius 2 is 1.01 bits per heavy atom. The first-order chi connectivity index (χ1) is 36.5. The third kappa shape index (κ3) is 19.2. The second-order valence-corrected chi connectivity index (χ2v) is 24.0. The van der Waals surface area contributed by atoms with E-state index in [1.165, 1.54) is 54.1 Å². The Balaban J connectivity index is 0.000000171. The van der Waals surface area contributed by atoms with Crippen LogP contribution in [0.1, 0.15) is 130 Å². The molecule has 0 spiro atoms. The van der Waals surface area contributed by atoms with Gasteiger partial charge in [0.2, 0.25) is 0 Å². The molecule has 6 saturated heterocycles. The highest BCUT2D eigenvalue weighted by Crippen LogP contribution is 2.37. The SMILES string of the molecule is CC(C)(C)OC(=O)N1CCC(=O)C1.CC(C)(C)OC(=O)N1CCC(O)(c2cccnc2)C1.CC(C)(C)OC(=O)N1CCC(OCCN2CCCC2)(c2cccnc2)C1.c1cncc(C2(OCCN3CCCC3)CCNC2)c1. The van der Waals surface area contributed by atoms with Gasteiger partial charge in [0, 0.05) is 106 Å². The summed E-state index contributed by atoms with van der Waals surface area (Å²) in [5.74, 6) is 0.103. The van der Waals surface area contributed by atoms with Crippen LogP contribution in [0.25, 0.3) is 0 Å². The molecule has 0 aromatic carbocycles. The quantitative estimate of drug-likeness (QED) is 0.178. The Kier molecular flexibility index (Phi) is 21.8. The molecule has 9 rings (SSSR count). The number of aromatic nitrogens is 3. The Morgan fingerprint density at radius 3 is 1.44 bits per heavy atom. The van der Waals surface area contributed by atoms with Gasteiger partial charge < -0.3 is 58.6 Å². The number of amides is 3. The number of aliphatic hydroxyl groups is 1. The number of pyridine rings is 3. The summed E-state index contributed by atoms with van der Waals surface area (Å²) in [5.41, 5.74) is -0.193. The Hall–Kier alpha value is -5.31. The van der Waals surface area contributed by atoms with Crippen molar-refractivity contribution in [2.45, 2.75) is 147 Å². The molecule has 3 aromatic rings. The number of ether oxygens (including phenoxy) is 5. The largest absolute Gasteiger partial charge is 0.444 e. The van der Waals surface area contributed by atoms with E-state index in [-0.39, 0.29) is 36.7 Å². The summed E-state index contributed by atoms with van der Waals surface area (Å²) >= 11 is 0. The van der Waals surface area contributed by atoms with Gasteiger partial charge in [-0.05, 0) is 152 Å². The lowest BCUT2D eigenvalue weighted by atomic mass is 9.94. The van der Waals surface area contributed by atoms with Gasteiger partial charge in [-0.3, -0.25) is 19.7 Å². The topological polar surface area (TPSA) is 202 Å². The fraction of sp³-hybridized carbons (Fsp3) is 0.672. The van der Waals surface area contributed by atoms with Crippen LogP contribution >= 0.6 is 0 Å². The minimum Gasteiger partial charge on any atom is -0.444 e. The van der Waals surface area contributed by atoms with Crippen LogP contribution in [-0.2, 0) is 45.3 Å². The van der Waals surface area contributed by atoms with Crippen LogP contribution < -0.4 is 5.32 Å². The monoisotopic (exact) mass is 1070 g/mol. The molecule has 3 unspecified atom stereocenters. The lowest BCUT2D eigenvalue weighted by Gasteiger charge is -2.31. The first kappa shape index (κ1) is 60.9. The van der Waals surface area contributed by atoms with E-state index >= 15 is 0 Å². The normalized spacial score (nSPS) is 23.9. The number of rotatable bonds is 11. The number of nitrogens with zero attached hydrogens (tertiary/aromatic N) is 8. The van der Waals surface area contributed by atoms with Crippen LogP contribution in [0, 0.1) is 0 Å². The minimum atomic E-state index is -1.02. The third-order valence-electron chi connectivity index (χ3n) is 14.1. The zero-order valence-electron chi connectivity index (χ0n) is 47.6. The zero-order valence-corrected chi connectivity index (χ0v) is 47.6. The predicted molar refractivity (Wildman–Crippen MR) is 293 cm³/mol. The zero-order chi connectivity index (χ0) is 55.7. The molecule has 426 valence electrons. The van der Waals surface area contributed by atoms with Crippen molar-refractivity contribution in [3.05, 3.63) is 90.3 Å². The van der Waals surface area contributed by atoms with Crippen LogP contribution in [0.4, 0.5) is 14.4 Å².